The van der Waals surface area contributed by atoms with E-state index in [1.807, 2.05) is 13.8 Å². The zero-order valence-corrected chi connectivity index (χ0v) is 12.7. The molecule has 1 aliphatic carbocycles. The van der Waals surface area contributed by atoms with Crippen molar-refractivity contribution >= 4 is 6.03 Å². The second kappa shape index (κ2) is 7.73. The van der Waals surface area contributed by atoms with Crippen LogP contribution in [0.2, 0.25) is 0 Å². The highest BCUT2D eigenvalue weighted by molar-refractivity contribution is 5.73. The molecule has 112 valence electrons. The fourth-order valence-corrected chi connectivity index (χ4v) is 2.69. The van der Waals surface area contributed by atoms with Crippen molar-refractivity contribution in [2.24, 2.45) is 17.3 Å². The molecule has 0 saturated heterocycles. The van der Waals surface area contributed by atoms with E-state index in [1.54, 1.807) is 0 Å². The van der Waals surface area contributed by atoms with Crippen LogP contribution in [0.15, 0.2) is 0 Å². The van der Waals surface area contributed by atoms with Crippen molar-refractivity contribution in [3.05, 3.63) is 0 Å². The van der Waals surface area contributed by atoms with Gasteiger partial charge in [0, 0.05) is 19.7 Å². The second-order valence-corrected chi connectivity index (χ2v) is 6.72. The van der Waals surface area contributed by atoms with Crippen LogP contribution in [0.4, 0.5) is 4.79 Å². The molecule has 1 rings (SSSR count). The maximum absolute atomic E-state index is 11.8. The number of amides is 2. The summed E-state index contributed by atoms with van der Waals surface area (Å²) in [5, 5.41) is 14.8. The molecule has 4 heteroatoms. The van der Waals surface area contributed by atoms with Gasteiger partial charge in [0.05, 0.1) is 0 Å². The van der Waals surface area contributed by atoms with E-state index in [9.17, 15) is 4.79 Å². The van der Waals surface area contributed by atoms with Crippen molar-refractivity contribution in [3.8, 4) is 0 Å². The molecule has 4 nitrogen and oxygen atoms in total. The number of nitrogens with one attached hydrogen (secondary N) is 2. The van der Waals surface area contributed by atoms with Gasteiger partial charge in [-0.1, -0.05) is 40.0 Å². The normalized spacial score (nSPS) is 24.0. The minimum Gasteiger partial charge on any atom is -0.396 e. The molecule has 0 heterocycles. The molecule has 0 aromatic rings. The quantitative estimate of drug-likeness (QED) is 0.694. The molecule has 2 amide bonds. The molecule has 2 atom stereocenters. The number of aliphatic hydroxyl groups excluding tert-OH is 1. The monoisotopic (exact) mass is 270 g/mol. The van der Waals surface area contributed by atoms with Gasteiger partial charge in [-0.2, -0.15) is 0 Å². The van der Waals surface area contributed by atoms with E-state index in [4.69, 9.17) is 5.11 Å². The van der Waals surface area contributed by atoms with E-state index in [2.05, 4.69) is 17.6 Å². The summed E-state index contributed by atoms with van der Waals surface area (Å²) in [6.45, 7) is 7.93. The predicted molar refractivity (Wildman–Crippen MR) is 78.0 cm³/mol. The van der Waals surface area contributed by atoms with Crippen LogP contribution in [-0.2, 0) is 0 Å². The van der Waals surface area contributed by atoms with Crippen LogP contribution in [-0.4, -0.2) is 30.8 Å². The van der Waals surface area contributed by atoms with Gasteiger partial charge >= 0.3 is 6.03 Å². The van der Waals surface area contributed by atoms with Gasteiger partial charge in [-0.05, 0) is 30.1 Å². The molecule has 1 fully saturated rings. The lowest BCUT2D eigenvalue weighted by Crippen LogP contribution is -2.43. The molecule has 3 N–H and O–H groups in total. The maximum atomic E-state index is 11.8. The van der Waals surface area contributed by atoms with Crippen LogP contribution in [0.25, 0.3) is 0 Å². The summed E-state index contributed by atoms with van der Waals surface area (Å²) >= 11 is 0. The smallest absolute Gasteiger partial charge is 0.314 e. The Morgan fingerprint density at radius 3 is 2.58 bits per heavy atom. The molecule has 0 aromatic carbocycles. The Balaban J connectivity index is 2.20. The average molecular weight is 270 g/mol. The lowest BCUT2D eigenvalue weighted by atomic mass is 9.80. The second-order valence-electron chi connectivity index (χ2n) is 6.72. The molecule has 19 heavy (non-hydrogen) atoms. The van der Waals surface area contributed by atoms with Gasteiger partial charge in [0.15, 0.2) is 0 Å². The molecule has 0 radical (unpaired) electrons. The summed E-state index contributed by atoms with van der Waals surface area (Å²) in [6.07, 6.45) is 5.85. The Kier molecular flexibility index (Phi) is 6.63. The zero-order chi connectivity index (χ0) is 14.3. The third-order valence-corrected chi connectivity index (χ3v) is 4.33. The van der Waals surface area contributed by atoms with Crippen molar-refractivity contribution in [3.63, 3.8) is 0 Å². The number of hydrogen-bond acceptors (Lipinski definition) is 2. The summed E-state index contributed by atoms with van der Waals surface area (Å²) in [4.78, 5) is 11.8. The Morgan fingerprint density at radius 1 is 1.26 bits per heavy atom. The summed E-state index contributed by atoms with van der Waals surface area (Å²) in [5.41, 5.74) is -0.0514. The Bertz CT molecular complexity index is 279. The molecule has 0 aliphatic heterocycles. The lowest BCUT2D eigenvalue weighted by molar-refractivity contribution is 0.198. The summed E-state index contributed by atoms with van der Waals surface area (Å²) in [5.74, 6) is 1.35. The molecule has 1 saturated carbocycles. The lowest BCUT2D eigenvalue weighted by Gasteiger charge is -2.29. The molecular formula is C15H30N2O2. The Morgan fingerprint density at radius 2 is 1.95 bits per heavy atom. The van der Waals surface area contributed by atoms with Crippen LogP contribution in [0, 0.1) is 17.3 Å². The number of aliphatic hydroxyl groups is 1. The highest BCUT2D eigenvalue weighted by Crippen LogP contribution is 2.28. The van der Waals surface area contributed by atoms with E-state index in [-0.39, 0.29) is 18.1 Å². The molecule has 0 bridgehead atoms. The Hall–Kier alpha value is -0.770. The van der Waals surface area contributed by atoms with Crippen molar-refractivity contribution in [1.82, 2.24) is 10.6 Å². The summed E-state index contributed by atoms with van der Waals surface area (Å²) in [7, 11) is 0. The van der Waals surface area contributed by atoms with Gasteiger partial charge < -0.3 is 15.7 Å². The minimum absolute atomic E-state index is 0.0514. The van der Waals surface area contributed by atoms with Crippen LogP contribution in [0.3, 0.4) is 0 Å². The molecule has 0 aromatic heterocycles. The van der Waals surface area contributed by atoms with Crippen LogP contribution >= 0.6 is 0 Å². The summed E-state index contributed by atoms with van der Waals surface area (Å²) < 4.78 is 0. The SMILES string of the molecule is CC1CCCCC1CNC(=O)NCC(C)(C)CCO. The van der Waals surface area contributed by atoms with Crippen molar-refractivity contribution in [2.75, 3.05) is 19.7 Å². The van der Waals surface area contributed by atoms with Crippen LogP contribution < -0.4 is 10.6 Å². The van der Waals surface area contributed by atoms with E-state index in [1.165, 1.54) is 25.7 Å². The largest absolute Gasteiger partial charge is 0.396 e. The highest BCUT2D eigenvalue weighted by atomic mass is 16.3. The third kappa shape index (κ3) is 6.28. The van der Waals surface area contributed by atoms with Crippen LogP contribution in [0.1, 0.15) is 52.9 Å². The summed E-state index contributed by atoms with van der Waals surface area (Å²) in [6, 6.07) is -0.0798. The number of urea groups is 1. The zero-order valence-electron chi connectivity index (χ0n) is 12.7. The fourth-order valence-electron chi connectivity index (χ4n) is 2.69. The van der Waals surface area contributed by atoms with Crippen LogP contribution in [0.5, 0.6) is 0 Å². The van der Waals surface area contributed by atoms with Gasteiger partial charge in [0.1, 0.15) is 0 Å². The maximum Gasteiger partial charge on any atom is 0.314 e. The average Bonchev–Trinajstić information content (AvgIpc) is 2.35. The standard InChI is InChI=1S/C15H30N2O2/c1-12-6-4-5-7-13(12)10-16-14(19)17-11-15(2,3)8-9-18/h12-13,18H,4-11H2,1-3H3,(H2,16,17,19). The van der Waals surface area contributed by atoms with E-state index in [0.29, 0.717) is 18.9 Å². The molecule has 1 aliphatic rings. The number of rotatable bonds is 6. The highest BCUT2D eigenvalue weighted by Gasteiger charge is 2.22. The predicted octanol–water partition coefficient (Wildman–Crippen LogP) is 2.52. The number of carbonyl (C=O) groups excluding carboxylic acids is 1. The van der Waals surface area contributed by atoms with Crippen molar-refractivity contribution in [2.45, 2.75) is 52.9 Å². The number of hydrogen-bond donors (Lipinski definition) is 3. The minimum atomic E-state index is -0.0798. The molecular weight excluding hydrogens is 240 g/mol. The first-order valence-electron chi connectivity index (χ1n) is 7.57. The van der Waals surface area contributed by atoms with Crippen molar-refractivity contribution < 1.29 is 9.90 Å². The van der Waals surface area contributed by atoms with E-state index in [0.717, 1.165) is 12.5 Å². The van der Waals surface area contributed by atoms with E-state index >= 15 is 0 Å². The fraction of sp³-hybridized carbons (Fsp3) is 0.933. The van der Waals surface area contributed by atoms with Gasteiger partial charge in [0.2, 0.25) is 0 Å². The molecule has 0 spiro atoms. The first-order chi connectivity index (χ1) is 8.94. The first-order valence-corrected chi connectivity index (χ1v) is 7.57. The van der Waals surface area contributed by atoms with Gasteiger partial charge in [-0.15, -0.1) is 0 Å². The van der Waals surface area contributed by atoms with Gasteiger partial charge in [-0.25, -0.2) is 4.79 Å². The van der Waals surface area contributed by atoms with E-state index < -0.39 is 0 Å². The molecule has 2 unspecified atom stereocenters. The number of carbonyl (C=O) groups is 1. The topological polar surface area (TPSA) is 61.4 Å². The Labute approximate surface area is 117 Å². The van der Waals surface area contributed by atoms with Gasteiger partial charge in [-0.3, -0.25) is 0 Å². The first kappa shape index (κ1) is 16.3. The third-order valence-electron chi connectivity index (χ3n) is 4.33. The van der Waals surface area contributed by atoms with Gasteiger partial charge in [0.25, 0.3) is 0 Å². The van der Waals surface area contributed by atoms with Crippen molar-refractivity contribution in [1.29, 1.82) is 0 Å².